The van der Waals surface area contributed by atoms with Gasteiger partial charge in [0, 0.05) is 38.8 Å². The molecule has 0 bridgehead atoms. The van der Waals surface area contributed by atoms with Crippen LogP contribution < -0.4 is 4.90 Å². The molecule has 12 rings (SSSR count). The Morgan fingerprint density at radius 2 is 0.883 bits per heavy atom. The fourth-order valence-electron chi connectivity index (χ4n) is 9.74. The SMILES string of the molecule is CC(C)(C)c1ccc(N(c2ccc3cc4c(cc3c2)-c2cc3ccc(-n5c6ccccc6c6ccccc65)cc3cc2-4)c2c(-c3ccccc3)ccc3ccccc23)cc1. The molecule has 60 heavy (non-hydrogen) atoms. The van der Waals surface area contributed by atoms with Gasteiger partial charge in [-0.2, -0.15) is 0 Å². The van der Waals surface area contributed by atoms with Gasteiger partial charge in [-0.15, -0.1) is 0 Å². The van der Waals surface area contributed by atoms with Crippen molar-refractivity contribution in [1.82, 2.24) is 4.57 Å². The molecule has 0 saturated carbocycles. The Hall–Kier alpha value is -7.42. The lowest BCUT2D eigenvalue weighted by Gasteiger charge is -2.31. The second-order valence-electron chi connectivity index (χ2n) is 17.4. The van der Waals surface area contributed by atoms with E-state index in [1.54, 1.807) is 0 Å². The Morgan fingerprint density at radius 1 is 0.367 bits per heavy atom. The number of anilines is 3. The number of benzene rings is 10. The first-order valence-electron chi connectivity index (χ1n) is 21.0. The Balaban J connectivity index is 0.995. The summed E-state index contributed by atoms with van der Waals surface area (Å²) in [5.41, 5.74) is 16.2. The monoisotopic (exact) mass is 766 g/mol. The summed E-state index contributed by atoms with van der Waals surface area (Å²) in [6.07, 6.45) is 0. The maximum atomic E-state index is 2.48. The summed E-state index contributed by atoms with van der Waals surface area (Å²) < 4.78 is 2.41. The van der Waals surface area contributed by atoms with Crippen LogP contribution in [0, 0.1) is 0 Å². The van der Waals surface area contributed by atoms with Crippen molar-refractivity contribution in [3.05, 3.63) is 206 Å². The molecule has 284 valence electrons. The summed E-state index contributed by atoms with van der Waals surface area (Å²) >= 11 is 0. The third kappa shape index (κ3) is 5.34. The fraction of sp³-hybridized carbons (Fsp3) is 0.0690. The van der Waals surface area contributed by atoms with E-state index in [0.717, 1.165) is 11.4 Å². The summed E-state index contributed by atoms with van der Waals surface area (Å²) in [4.78, 5) is 2.48. The summed E-state index contributed by atoms with van der Waals surface area (Å²) in [7, 11) is 0. The zero-order valence-corrected chi connectivity index (χ0v) is 33.9. The van der Waals surface area contributed by atoms with Crippen molar-refractivity contribution in [3.63, 3.8) is 0 Å². The van der Waals surface area contributed by atoms with E-state index in [0.29, 0.717) is 0 Å². The zero-order chi connectivity index (χ0) is 40.1. The van der Waals surface area contributed by atoms with E-state index in [1.165, 1.54) is 104 Å². The van der Waals surface area contributed by atoms with Gasteiger partial charge in [-0.25, -0.2) is 0 Å². The van der Waals surface area contributed by atoms with Gasteiger partial charge in [-0.1, -0.05) is 148 Å². The van der Waals surface area contributed by atoms with Crippen molar-refractivity contribution in [3.8, 4) is 39.1 Å². The zero-order valence-electron chi connectivity index (χ0n) is 33.9. The van der Waals surface area contributed by atoms with Crippen LogP contribution in [0.15, 0.2) is 200 Å². The van der Waals surface area contributed by atoms with E-state index >= 15 is 0 Å². The first-order chi connectivity index (χ1) is 29.4. The van der Waals surface area contributed by atoms with Crippen LogP contribution in [-0.2, 0) is 5.41 Å². The van der Waals surface area contributed by atoms with Crippen molar-refractivity contribution in [2.45, 2.75) is 26.2 Å². The highest BCUT2D eigenvalue weighted by atomic mass is 15.1. The Morgan fingerprint density at radius 3 is 1.53 bits per heavy atom. The lowest BCUT2D eigenvalue weighted by Crippen LogP contribution is -2.14. The van der Waals surface area contributed by atoms with Gasteiger partial charge in [-0.3, -0.25) is 0 Å². The van der Waals surface area contributed by atoms with Gasteiger partial charge in [0.05, 0.1) is 16.7 Å². The van der Waals surface area contributed by atoms with Crippen LogP contribution in [0.1, 0.15) is 26.3 Å². The predicted octanol–water partition coefficient (Wildman–Crippen LogP) is 16.3. The van der Waals surface area contributed by atoms with E-state index in [1.807, 2.05) is 0 Å². The van der Waals surface area contributed by atoms with Gasteiger partial charge in [0.2, 0.25) is 0 Å². The maximum Gasteiger partial charge on any atom is 0.0618 e. The molecule has 10 aromatic carbocycles. The largest absolute Gasteiger partial charge is 0.309 e. The highest BCUT2D eigenvalue weighted by Gasteiger charge is 2.26. The fourth-order valence-corrected chi connectivity index (χ4v) is 9.74. The summed E-state index contributed by atoms with van der Waals surface area (Å²) in [6.45, 7) is 6.84. The molecule has 0 amide bonds. The predicted molar refractivity (Wildman–Crippen MR) is 257 cm³/mol. The summed E-state index contributed by atoms with van der Waals surface area (Å²) in [5, 5.41) is 9.99. The number of para-hydroxylation sites is 2. The minimum absolute atomic E-state index is 0.0546. The van der Waals surface area contributed by atoms with Crippen molar-refractivity contribution in [2.24, 2.45) is 0 Å². The van der Waals surface area contributed by atoms with Gasteiger partial charge < -0.3 is 9.47 Å². The molecule has 0 atom stereocenters. The highest BCUT2D eigenvalue weighted by Crippen LogP contribution is 2.52. The molecular weight excluding hydrogens is 725 g/mol. The number of hydrogen-bond donors (Lipinski definition) is 0. The van der Waals surface area contributed by atoms with Crippen LogP contribution in [-0.4, -0.2) is 4.57 Å². The molecule has 0 aliphatic heterocycles. The summed E-state index contributed by atoms with van der Waals surface area (Å²) in [5.74, 6) is 0. The van der Waals surface area contributed by atoms with E-state index in [9.17, 15) is 0 Å². The molecule has 1 heterocycles. The van der Waals surface area contributed by atoms with Crippen LogP contribution in [0.5, 0.6) is 0 Å². The molecule has 1 aliphatic rings. The molecule has 0 saturated heterocycles. The lowest BCUT2D eigenvalue weighted by atomic mass is 9.78. The first kappa shape index (κ1) is 34.6. The highest BCUT2D eigenvalue weighted by molar-refractivity contribution is 6.14. The van der Waals surface area contributed by atoms with E-state index < -0.39 is 0 Å². The Labute approximate surface area is 350 Å². The molecular formula is C58H42N2. The van der Waals surface area contributed by atoms with Crippen LogP contribution >= 0.6 is 0 Å². The first-order valence-corrected chi connectivity index (χ1v) is 21.0. The number of aromatic nitrogens is 1. The summed E-state index contributed by atoms with van der Waals surface area (Å²) in [6, 6.07) is 74.4. The lowest BCUT2D eigenvalue weighted by molar-refractivity contribution is 0.590. The average Bonchev–Trinajstić information content (AvgIpc) is 3.62. The molecule has 2 nitrogen and oxygen atoms in total. The maximum absolute atomic E-state index is 2.48. The topological polar surface area (TPSA) is 8.17 Å². The number of nitrogens with zero attached hydrogens (tertiary/aromatic N) is 2. The van der Waals surface area contributed by atoms with Crippen LogP contribution in [0.2, 0.25) is 0 Å². The molecule has 1 aliphatic carbocycles. The second-order valence-corrected chi connectivity index (χ2v) is 17.4. The normalized spacial score (nSPS) is 12.2. The Bertz CT molecular complexity index is 3460. The van der Waals surface area contributed by atoms with Crippen molar-refractivity contribution < 1.29 is 0 Å². The van der Waals surface area contributed by atoms with Gasteiger partial charge in [0.25, 0.3) is 0 Å². The third-order valence-electron chi connectivity index (χ3n) is 12.8. The average molecular weight is 767 g/mol. The van der Waals surface area contributed by atoms with Crippen LogP contribution in [0.3, 0.4) is 0 Å². The quantitative estimate of drug-likeness (QED) is 0.169. The van der Waals surface area contributed by atoms with Crippen LogP contribution in [0.4, 0.5) is 17.1 Å². The smallest absolute Gasteiger partial charge is 0.0618 e. The van der Waals surface area contributed by atoms with Crippen molar-refractivity contribution in [2.75, 3.05) is 4.90 Å². The molecule has 1 aromatic heterocycles. The minimum Gasteiger partial charge on any atom is -0.309 e. The molecule has 0 unspecified atom stereocenters. The van der Waals surface area contributed by atoms with E-state index in [-0.39, 0.29) is 5.41 Å². The number of rotatable bonds is 5. The molecule has 0 N–H and O–H groups in total. The third-order valence-corrected chi connectivity index (χ3v) is 12.8. The van der Waals surface area contributed by atoms with E-state index in [2.05, 4.69) is 230 Å². The van der Waals surface area contributed by atoms with Crippen LogP contribution in [0.25, 0.3) is 93.2 Å². The van der Waals surface area contributed by atoms with Crippen molar-refractivity contribution in [1.29, 1.82) is 0 Å². The Kier molecular flexibility index (Phi) is 7.52. The minimum atomic E-state index is 0.0546. The molecule has 0 fully saturated rings. The number of fused-ring (bicyclic) bond motifs is 10. The molecule has 11 aromatic rings. The van der Waals surface area contributed by atoms with Gasteiger partial charge in [-0.05, 0) is 139 Å². The molecule has 2 heteroatoms. The van der Waals surface area contributed by atoms with Crippen molar-refractivity contribution >= 4 is 71.2 Å². The standard InChI is InChI=1S/C58H42N2/c1-58(2,3)43-24-28-44(29-25-43)59(57-47-16-8-7-15-38(47)23-30-48(57)37-13-5-4-6-14-37)45-26-21-39-33-51-53(35-41(39)31-45)52-34-40-22-27-46(32-42(40)36-54(51)52)60-55-19-11-9-17-49(55)50-18-10-12-20-56(50)60/h4-36H,1-3H3. The molecule has 0 radical (unpaired) electrons. The van der Waals surface area contributed by atoms with Gasteiger partial charge in [0.15, 0.2) is 0 Å². The second kappa shape index (κ2) is 13.0. The van der Waals surface area contributed by atoms with E-state index in [4.69, 9.17) is 0 Å². The molecule has 0 spiro atoms. The van der Waals surface area contributed by atoms with Gasteiger partial charge in [0.1, 0.15) is 0 Å². The number of hydrogen-bond acceptors (Lipinski definition) is 1. The van der Waals surface area contributed by atoms with Gasteiger partial charge >= 0.3 is 0 Å².